The number of carbonyl (C=O) groups excluding carboxylic acids is 1. The number of hydrogen-bond acceptors (Lipinski definition) is 11. The van der Waals surface area contributed by atoms with Gasteiger partial charge >= 0.3 is 0 Å². The predicted molar refractivity (Wildman–Crippen MR) is 174 cm³/mol. The van der Waals surface area contributed by atoms with Gasteiger partial charge in [-0.2, -0.15) is 0 Å². The average Bonchev–Trinajstić information content (AvgIpc) is 2.84. The molecule has 41 heavy (non-hydrogen) atoms. The molecule has 10 nitrogen and oxygen atoms in total. The molecule has 3 N–H and O–H groups in total. The molecule has 0 rings (SSSR count). The Labute approximate surface area is 257 Å². The third-order valence-electron chi connectivity index (χ3n) is 7.18. The summed E-state index contributed by atoms with van der Waals surface area (Å²) in [6.45, 7) is 28.2. The number of nitrogens with zero attached hydrogens (tertiary/aromatic N) is 2. The number of nitrogens with one attached hydrogen (secondary N) is 1. The lowest BCUT2D eigenvalue weighted by atomic mass is 10.0. The highest BCUT2D eigenvalue weighted by molar-refractivity contribution is 8.13. The van der Waals surface area contributed by atoms with Crippen LogP contribution < -0.4 is 5.32 Å². The fourth-order valence-corrected chi connectivity index (χ4v) is 7.75. The van der Waals surface area contributed by atoms with Crippen LogP contribution in [0.4, 0.5) is 0 Å². The summed E-state index contributed by atoms with van der Waals surface area (Å²) in [4.78, 5) is 12.4. The van der Waals surface area contributed by atoms with Crippen LogP contribution in [-0.2, 0) is 23.2 Å². The van der Waals surface area contributed by atoms with Crippen molar-refractivity contribution in [2.24, 2.45) is 0 Å². The van der Waals surface area contributed by atoms with E-state index in [4.69, 9.17) is 18.4 Å². The predicted octanol–water partition coefficient (Wildman–Crippen LogP) is 5.36. The third-order valence-corrected chi connectivity index (χ3v) is 15.4. The first-order valence-corrected chi connectivity index (χ1v) is 19.8. The van der Waals surface area contributed by atoms with Crippen molar-refractivity contribution >= 4 is 33.6 Å². The van der Waals surface area contributed by atoms with Crippen molar-refractivity contribution in [1.29, 1.82) is 0 Å². The van der Waals surface area contributed by atoms with Crippen LogP contribution >= 0.6 is 20.2 Å². The van der Waals surface area contributed by atoms with E-state index in [1.165, 1.54) is 0 Å². The Morgan fingerprint density at radius 2 is 1.37 bits per heavy atom. The number of carbonyl (C=O) groups is 1. The Bertz CT molecular complexity index is 687. The molecule has 0 spiro atoms. The Morgan fingerprint density at radius 1 is 0.878 bits per heavy atom. The smallest absolute Gasteiger partial charge is 0.192 e. The van der Waals surface area contributed by atoms with Gasteiger partial charge in [0.25, 0.3) is 0 Å². The molecule has 0 bridgehead atoms. The van der Waals surface area contributed by atoms with Gasteiger partial charge in [-0.1, -0.05) is 32.5 Å². The highest BCUT2D eigenvalue weighted by atomic mass is 32.2. The molecule has 0 aliphatic carbocycles. The topological polar surface area (TPSA) is 113 Å². The average molecular weight is 644 g/mol. The summed E-state index contributed by atoms with van der Waals surface area (Å²) in [6, 6.07) is 1.27. The van der Waals surface area contributed by atoms with E-state index in [9.17, 15) is 15.0 Å². The van der Waals surface area contributed by atoms with Gasteiger partial charge in [-0.3, -0.25) is 4.79 Å². The molecule has 0 aromatic carbocycles. The zero-order chi connectivity index (χ0) is 32.0. The summed E-state index contributed by atoms with van der Waals surface area (Å²) in [5.41, 5.74) is -0.994. The molecule has 0 radical (unpaired) electrons. The van der Waals surface area contributed by atoms with Crippen LogP contribution in [0.3, 0.4) is 0 Å². The second kappa shape index (κ2) is 19.6. The lowest BCUT2D eigenvalue weighted by Gasteiger charge is -2.45. The van der Waals surface area contributed by atoms with Gasteiger partial charge in [0.1, 0.15) is 5.94 Å². The molecule has 0 aliphatic heterocycles. The van der Waals surface area contributed by atoms with Gasteiger partial charge in [-0.15, -0.1) is 0 Å². The monoisotopic (exact) mass is 643 g/mol. The highest BCUT2D eigenvalue weighted by Crippen LogP contribution is 2.50. The molecule has 0 aliphatic rings. The summed E-state index contributed by atoms with van der Waals surface area (Å²) in [6.07, 6.45) is 0.227. The highest BCUT2D eigenvalue weighted by Gasteiger charge is 2.40. The molecule has 0 atom stereocenters. The van der Waals surface area contributed by atoms with Crippen molar-refractivity contribution in [3.63, 3.8) is 0 Å². The number of ether oxygens (including phenoxy) is 2. The van der Waals surface area contributed by atoms with Crippen LogP contribution in [0.15, 0.2) is 0 Å². The van der Waals surface area contributed by atoms with Crippen LogP contribution in [-0.4, -0.2) is 109 Å². The van der Waals surface area contributed by atoms with Gasteiger partial charge in [0.2, 0.25) is 0 Å². The summed E-state index contributed by atoms with van der Waals surface area (Å²) >= 11 is 1.07. The fraction of sp³-hybridized carbons (Fsp3) is 0.964. The maximum atomic E-state index is 12.4. The Kier molecular flexibility index (Phi) is 19.8. The molecular formula is C28H62N3O7PSSi. The van der Waals surface area contributed by atoms with E-state index in [1.807, 2.05) is 0 Å². The maximum Gasteiger partial charge on any atom is 0.192 e. The van der Waals surface area contributed by atoms with Gasteiger partial charge in [0, 0.05) is 37.1 Å². The minimum Gasteiger partial charge on any atom is -0.415 e. The van der Waals surface area contributed by atoms with Crippen LogP contribution in [0.25, 0.3) is 0 Å². The number of aliphatic hydroxyl groups is 2. The van der Waals surface area contributed by atoms with E-state index in [0.717, 1.165) is 11.8 Å². The molecule has 246 valence electrons. The zero-order valence-corrected chi connectivity index (χ0v) is 30.9. The first-order valence-electron chi connectivity index (χ1n) is 14.8. The molecule has 0 saturated carbocycles. The Balaban J connectivity index is 4.61. The van der Waals surface area contributed by atoms with Crippen molar-refractivity contribution in [3.8, 4) is 0 Å². The molecule has 0 unspecified atom stereocenters. The van der Waals surface area contributed by atoms with Gasteiger partial charge in [-0.05, 0) is 73.5 Å². The van der Waals surface area contributed by atoms with Gasteiger partial charge in [-0.25, -0.2) is 9.34 Å². The van der Waals surface area contributed by atoms with Gasteiger partial charge in [0.05, 0.1) is 25.4 Å². The molecule has 0 heterocycles. The van der Waals surface area contributed by atoms with Gasteiger partial charge < -0.3 is 34.0 Å². The lowest BCUT2D eigenvalue weighted by molar-refractivity contribution is -0.111. The van der Waals surface area contributed by atoms with Crippen LogP contribution in [0.1, 0.15) is 82.6 Å². The van der Waals surface area contributed by atoms with Gasteiger partial charge in [0.15, 0.2) is 35.5 Å². The van der Waals surface area contributed by atoms with E-state index in [1.54, 1.807) is 0 Å². The quantitative estimate of drug-likeness (QED) is 0.0614. The Morgan fingerprint density at radius 3 is 1.78 bits per heavy atom. The lowest BCUT2D eigenvalue weighted by Crippen LogP contribution is -2.58. The fourth-order valence-electron chi connectivity index (χ4n) is 3.90. The minimum atomic E-state index is -2.05. The van der Waals surface area contributed by atoms with E-state index in [2.05, 4.69) is 104 Å². The van der Waals surface area contributed by atoms with Crippen LogP contribution in [0.5, 0.6) is 0 Å². The molecule has 0 fully saturated rings. The first-order chi connectivity index (χ1) is 18.9. The largest absolute Gasteiger partial charge is 0.415 e. The molecular weight excluding hydrogens is 581 g/mol. The van der Waals surface area contributed by atoms with Crippen LogP contribution in [0.2, 0.25) is 18.1 Å². The van der Waals surface area contributed by atoms with Crippen molar-refractivity contribution in [3.05, 3.63) is 0 Å². The summed E-state index contributed by atoms with van der Waals surface area (Å²) in [7, 11) is -3.09. The molecule has 13 heteroatoms. The standard InChI is InChI=1S/C28H62N3O7PSSi/c1-22(2)30(23(3)4)39(31(24(5)6)25(7)8)37-20-35-19-36-21-40-26(34)14-15-29-28(16-32,17-33)18-38-41(12,13)27(9,10)11/h22-25,29,32-33H,14-21H2,1-13H3. The van der Waals surface area contributed by atoms with E-state index >= 15 is 0 Å². The normalized spacial score (nSPS) is 13.8. The summed E-state index contributed by atoms with van der Waals surface area (Å²) < 4.78 is 28.4. The van der Waals surface area contributed by atoms with Crippen molar-refractivity contribution < 1.29 is 33.4 Å². The van der Waals surface area contributed by atoms with Crippen LogP contribution in [0, 0.1) is 0 Å². The zero-order valence-electron chi connectivity index (χ0n) is 28.2. The van der Waals surface area contributed by atoms with E-state index < -0.39 is 22.3 Å². The van der Waals surface area contributed by atoms with E-state index in [-0.39, 0.29) is 55.9 Å². The maximum absolute atomic E-state index is 12.4. The molecule has 0 saturated heterocycles. The van der Waals surface area contributed by atoms with E-state index in [0.29, 0.717) is 30.7 Å². The second-order valence-electron chi connectivity index (χ2n) is 13.1. The second-order valence-corrected chi connectivity index (χ2v) is 20.6. The number of thioether (sulfide) groups is 1. The first kappa shape index (κ1) is 41.3. The van der Waals surface area contributed by atoms with Crippen molar-refractivity contribution in [2.45, 2.75) is 130 Å². The van der Waals surface area contributed by atoms with Crippen molar-refractivity contribution in [2.75, 3.05) is 45.9 Å². The van der Waals surface area contributed by atoms with Crippen molar-refractivity contribution in [1.82, 2.24) is 14.7 Å². The number of rotatable bonds is 22. The summed E-state index contributed by atoms with van der Waals surface area (Å²) in [5.74, 6) is 0.168. The minimum absolute atomic E-state index is 0.0136. The SMILES string of the molecule is CC(C)N(C(C)C)P(OCOCOCSC(=O)CCNC(CO)(CO)CO[Si](C)(C)C(C)(C)C)N(C(C)C)C(C)C. The molecule has 0 amide bonds. The molecule has 0 aromatic rings. The summed E-state index contributed by atoms with van der Waals surface area (Å²) in [5, 5.41) is 23.0. The number of hydrogen-bond donors (Lipinski definition) is 3. The molecule has 0 aromatic heterocycles. The number of aliphatic hydroxyl groups excluding tert-OH is 2. The third kappa shape index (κ3) is 14.8. The Hall–Kier alpha value is 0.307.